The maximum absolute atomic E-state index is 12.3. The van der Waals surface area contributed by atoms with Gasteiger partial charge in [0.1, 0.15) is 6.04 Å². The largest absolute Gasteiger partial charge is 0.465 e. The Morgan fingerprint density at radius 3 is 2.46 bits per heavy atom. The van der Waals surface area contributed by atoms with Gasteiger partial charge in [0.2, 0.25) is 0 Å². The smallest absolute Gasteiger partial charge is 0.323 e. The molecule has 28 heavy (non-hydrogen) atoms. The normalized spacial score (nSPS) is 15.5. The fourth-order valence-electron chi connectivity index (χ4n) is 2.81. The molecule has 0 fully saturated rings. The summed E-state index contributed by atoms with van der Waals surface area (Å²) >= 11 is 1.61. The Morgan fingerprint density at radius 1 is 1.25 bits per heavy atom. The number of fused-ring (bicyclic) bond motifs is 1. The van der Waals surface area contributed by atoms with Crippen LogP contribution in [0.25, 0.3) is 0 Å². The first-order chi connectivity index (χ1) is 13.5. The summed E-state index contributed by atoms with van der Waals surface area (Å²) in [5.74, 6) is -0.324. The van der Waals surface area contributed by atoms with Crippen molar-refractivity contribution in [3.63, 3.8) is 0 Å². The molecule has 2 atom stereocenters. The van der Waals surface area contributed by atoms with E-state index in [0.717, 1.165) is 10.7 Å². The molecule has 1 aliphatic heterocycles. The van der Waals surface area contributed by atoms with Crippen molar-refractivity contribution < 1.29 is 29.0 Å². The SMILES string of the molecule is CCOC(=O)[C@H](CCSC)NCC(O)OCCN1C(=O)c2ccccc2C1=O. The first kappa shape index (κ1) is 22.4. The zero-order valence-electron chi connectivity index (χ0n) is 16.1. The topological polar surface area (TPSA) is 105 Å². The van der Waals surface area contributed by atoms with Crippen molar-refractivity contribution in [3.8, 4) is 0 Å². The second kappa shape index (κ2) is 11.2. The van der Waals surface area contributed by atoms with E-state index in [1.165, 1.54) is 0 Å². The Bertz CT molecular complexity index is 664. The lowest BCUT2D eigenvalue weighted by atomic mass is 10.1. The Labute approximate surface area is 168 Å². The highest BCUT2D eigenvalue weighted by atomic mass is 32.2. The van der Waals surface area contributed by atoms with Gasteiger partial charge in [-0.2, -0.15) is 11.8 Å². The number of aliphatic hydroxyl groups is 1. The molecule has 154 valence electrons. The molecule has 0 spiro atoms. The van der Waals surface area contributed by atoms with Gasteiger partial charge in [-0.15, -0.1) is 0 Å². The molecule has 1 aromatic rings. The maximum Gasteiger partial charge on any atom is 0.323 e. The Kier molecular flexibility index (Phi) is 8.91. The van der Waals surface area contributed by atoms with Crippen molar-refractivity contribution in [2.75, 3.05) is 38.3 Å². The third kappa shape index (κ3) is 5.78. The van der Waals surface area contributed by atoms with Gasteiger partial charge in [-0.1, -0.05) is 12.1 Å². The number of aliphatic hydroxyl groups excluding tert-OH is 1. The van der Waals surface area contributed by atoms with Gasteiger partial charge in [-0.25, -0.2) is 0 Å². The van der Waals surface area contributed by atoms with Gasteiger partial charge >= 0.3 is 5.97 Å². The molecule has 2 rings (SSSR count). The number of hydrogen-bond acceptors (Lipinski definition) is 8. The van der Waals surface area contributed by atoms with Crippen LogP contribution in [0.4, 0.5) is 0 Å². The second-order valence-corrected chi connectivity index (χ2v) is 7.11. The van der Waals surface area contributed by atoms with Crippen LogP contribution in [0, 0.1) is 0 Å². The molecule has 2 N–H and O–H groups in total. The monoisotopic (exact) mass is 410 g/mol. The zero-order chi connectivity index (χ0) is 20.5. The molecule has 0 bridgehead atoms. The van der Waals surface area contributed by atoms with E-state index >= 15 is 0 Å². The van der Waals surface area contributed by atoms with Crippen LogP contribution < -0.4 is 5.32 Å². The number of rotatable bonds is 12. The number of hydrogen-bond donors (Lipinski definition) is 2. The zero-order valence-corrected chi connectivity index (χ0v) is 16.9. The molecule has 1 heterocycles. The molecule has 0 saturated heterocycles. The van der Waals surface area contributed by atoms with Crippen LogP contribution >= 0.6 is 11.8 Å². The van der Waals surface area contributed by atoms with Crippen LogP contribution in [-0.4, -0.2) is 78.4 Å². The van der Waals surface area contributed by atoms with E-state index in [4.69, 9.17) is 9.47 Å². The Hall–Kier alpha value is -1.94. The van der Waals surface area contributed by atoms with Crippen molar-refractivity contribution in [2.24, 2.45) is 0 Å². The summed E-state index contributed by atoms with van der Waals surface area (Å²) in [5.41, 5.74) is 0.751. The summed E-state index contributed by atoms with van der Waals surface area (Å²) in [5, 5.41) is 12.9. The van der Waals surface area contributed by atoms with Gasteiger partial charge in [0.15, 0.2) is 6.29 Å². The highest BCUT2D eigenvalue weighted by Crippen LogP contribution is 2.21. The molecule has 0 radical (unpaired) electrons. The van der Waals surface area contributed by atoms with E-state index in [1.807, 2.05) is 6.26 Å². The van der Waals surface area contributed by atoms with Crippen molar-refractivity contribution in [1.82, 2.24) is 10.2 Å². The summed E-state index contributed by atoms with van der Waals surface area (Å²) in [4.78, 5) is 37.5. The number of esters is 1. The third-order valence-corrected chi connectivity index (χ3v) is 4.87. The Morgan fingerprint density at radius 2 is 1.89 bits per heavy atom. The lowest BCUT2D eigenvalue weighted by Gasteiger charge is -2.20. The number of ether oxygens (including phenoxy) is 2. The molecular formula is C19H26N2O6S. The second-order valence-electron chi connectivity index (χ2n) is 6.13. The van der Waals surface area contributed by atoms with Crippen LogP contribution in [0.1, 0.15) is 34.1 Å². The number of benzene rings is 1. The number of nitrogens with zero attached hydrogens (tertiary/aromatic N) is 1. The summed E-state index contributed by atoms with van der Waals surface area (Å²) in [6.07, 6.45) is 1.34. The van der Waals surface area contributed by atoms with Crippen molar-refractivity contribution in [2.45, 2.75) is 25.7 Å². The molecule has 1 unspecified atom stereocenters. The van der Waals surface area contributed by atoms with E-state index < -0.39 is 12.3 Å². The molecule has 0 saturated carbocycles. The summed E-state index contributed by atoms with van der Waals surface area (Å²) in [7, 11) is 0. The number of imide groups is 1. The fourth-order valence-corrected chi connectivity index (χ4v) is 3.28. The molecule has 1 aliphatic rings. The molecule has 8 nitrogen and oxygen atoms in total. The van der Waals surface area contributed by atoms with Gasteiger partial charge in [-0.05, 0) is 37.5 Å². The highest BCUT2D eigenvalue weighted by Gasteiger charge is 2.34. The highest BCUT2D eigenvalue weighted by molar-refractivity contribution is 7.98. The van der Waals surface area contributed by atoms with Crippen molar-refractivity contribution in [3.05, 3.63) is 35.4 Å². The van der Waals surface area contributed by atoms with Crippen LogP contribution in [0.15, 0.2) is 24.3 Å². The minimum Gasteiger partial charge on any atom is -0.465 e. The van der Waals surface area contributed by atoms with E-state index in [9.17, 15) is 19.5 Å². The van der Waals surface area contributed by atoms with Crippen molar-refractivity contribution >= 4 is 29.5 Å². The van der Waals surface area contributed by atoms with Gasteiger partial charge in [0, 0.05) is 6.54 Å². The summed E-state index contributed by atoms with van der Waals surface area (Å²) in [6.45, 7) is 2.08. The maximum atomic E-state index is 12.3. The van der Waals surface area contributed by atoms with E-state index in [-0.39, 0.29) is 44.1 Å². The third-order valence-electron chi connectivity index (χ3n) is 4.22. The molecule has 2 amide bonds. The van der Waals surface area contributed by atoms with E-state index in [0.29, 0.717) is 17.5 Å². The standard InChI is InChI=1S/C19H26N2O6S/c1-3-26-19(25)15(8-11-28-2)20-12-16(22)27-10-9-21-17(23)13-6-4-5-7-14(13)18(21)24/h4-7,15-16,20,22H,3,8-12H2,1-2H3/t15-,16?/m0/s1. The summed E-state index contributed by atoms with van der Waals surface area (Å²) < 4.78 is 10.3. The molecule has 1 aromatic carbocycles. The predicted molar refractivity (Wildman–Crippen MR) is 105 cm³/mol. The quantitative estimate of drug-likeness (QED) is 0.297. The van der Waals surface area contributed by atoms with Gasteiger partial charge in [0.05, 0.1) is 30.9 Å². The van der Waals surface area contributed by atoms with Crippen LogP contribution in [0.2, 0.25) is 0 Å². The van der Waals surface area contributed by atoms with Crippen LogP contribution in [0.3, 0.4) is 0 Å². The number of amides is 2. The molecule has 0 aromatic heterocycles. The van der Waals surface area contributed by atoms with Gasteiger partial charge in [-0.3, -0.25) is 24.6 Å². The van der Waals surface area contributed by atoms with Crippen LogP contribution in [-0.2, 0) is 14.3 Å². The average Bonchev–Trinajstić information content (AvgIpc) is 2.93. The van der Waals surface area contributed by atoms with E-state index in [2.05, 4.69) is 5.32 Å². The fraction of sp³-hybridized carbons (Fsp3) is 0.526. The molecular weight excluding hydrogens is 384 g/mol. The number of thioether (sulfide) groups is 1. The van der Waals surface area contributed by atoms with Gasteiger partial charge in [0.25, 0.3) is 11.8 Å². The first-order valence-corrected chi connectivity index (χ1v) is 10.5. The van der Waals surface area contributed by atoms with Crippen molar-refractivity contribution in [1.29, 1.82) is 0 Å². The molecule has 0 aliphatic carbocycles. The minimum absolute atomic E-state index is 0.0107. The van der Waals surface area contributed by atoms with E-state index in [1.54, 1.807) is 43.0 Å². The summed E-state index contributed by atoms with van der Waals surface area (Å²) in [6, 6.07) is 6.10. The number of carbonyl (C=O) groups excluding carboxylic acids is 3. The predicted octanol–water partition coefficient (Wildman–Crippen LogP) is 0.892. The number of nitrogens with one attached hydrogen (secondary N) is 1. The Balaban J connectivity index is 1.76. The van der Waals surface area contributed by atoms with Crippen LogP contribution in [0.5, 0.6) is 0 Å². The number of carbonyl (C=O) groups is 3. The molecule has 9 heteroatoms. The average molecular weight is 410 g/mol. The minimum atomic E-state index is -1.18. The lowest BCUT2D eigenvalue weighted by Crippen LogP contribution is -2.43. The first-order valence-electron chi connectivity index (χ1n) is 9.13. The lowest BCUT2D eigenvalue weighted by molar-refractivity contribution is -0.146. The van der Waals surface area contributed by atoms with Gasteiger partial charge < -0.3 is 14.6 Å².